The number of fused-ring (bicyclic) bond motifs is 8. The van der Waals surface area contributed by atoms with E-state index in [0.29, 0.717) is 47.9 Å². The van der Waals surface area contributed by atoms with Crippen LogP contribution in [0.1, 0.15) is 177 Å². The second kappa shape index (κ2) is 47.3. The monoisotopic (exact) mass is 2320 g/mol. The van der Waals surface area contributed by atoms with E-state index in [9.17, 15) is 9.59 Å². The zero-order valence-corrected chi connectivity index (χ0v) is 91.0. The van der Waals surface area contributed by atoms with E-state index in [2.05, 4.69) is 201 Å². The molecular weight excluding hydrogens is 2220 g/mol. The van der Waals surface area contributed by atoms with Gasteiger partial charge in [0.25, 0.3) is 0 Å². The van der Waals surface area contributed by atoms with E-state index < -0.39 is 23.4 Å². The summed E-state index contributed by atoms with van der Waals surface area (Å²) in [5.74, 6) is 3.32. The molecule has 23 rings (SSSR count). The largest absolute Gasteiger partial charge is 1.00 e. The Hall–Kier alpha value is -9.86. The van der Waals surface area contributed by atoms with Gasteiger partial charge in [0.05, 0.1) is 78.9 Å². The Labute approximate surface area is 925 Å². The average Bonchev–Trinajstić information content (AvgIpc) is 1.60. The topological polar surface area (TPSA) is 491 Å². The Kier molecular flexibility index (Phi) is 36.2. The first-order valence-electron chi connectivity index (χ1n) is 45.8. The number of piperidine rings is 4. The van der Waals surface area contributed by atoms with Gasteiger partial charge in [-0.2, -0.15) is 4.90 Å². The van der Waals surface area contributed by atoms with E-state index in [4.69, 9.17) is 107 Å². The maximum Gasteiger partial charge on any atom is 1.00 e. The Morgan fingerprint density at radius 1 is 0.434 bits per heavy atom. The number of ether oxygens (including phenoxy) is 2. The number of nitrogens with zero attached hydrogens (tertiary/aromatic N) is 26. The first-order valence-corrected chi connectivity index (χ1v) is 51.5. The van der Waals surface area contributed by atoms with Gasteiger partial charge in [0, 0.05) is 144 Å². The summed E-state index contributed by atoms with van der Waals surface area (Å²) in [6, 6.07) is 21.5. The molecule has 15 aromatic rings. The Morgan fingerprint density at radius 3 is 1.14 bits per heavy atom. The molecule has 750 valence electrons. The number of amides is 2. The molecule has 19 heterocycles. The number of nitrogens with one attached hydrogen (secondary N) is 3. The van der Waals surface area contributed by atoms with Crippen LogP contribution in [0, 0.1) is 28.8 Å². The molecule has 4 saturated heterocycles. The smallest absolute Gasteiger partial charge is 0.778 e. The van der Waals surface area contributed by atoms with E-state index in [1.54, 1.807) is 66.6 Å². The molecule has 2 amide bonds. The van der Waals surface area contributed by atoms with Gasteiger partial charge >= 0.3 is 41.7 Å². The molecule has 0 aromatic carbocycles. The Balaban J connectivity index is 0.000000145. The van der Waals surface area contributed by atoms with E-state index in [-0.39, 0.29) is 90.6 Å². The van der Waals surface area contributed by atoms with Crippen molar-refractivity contribution in [3.63, 3.8) is 0 Å². The van der Waals surface area contributed by atoms with Crippen LogP contribution in [0.4, 0.5) is 44.9 Å². The number of carbonyl (C=O) groups excluding carboxylic acids is 2. The van der Waals surface area contributed by atoms with E-state index in [1.807, 2.05) is 116 Å². The number of carbonyl (C=O) groups is 2. The molecular formula is C95H109B2Cl4I2N34NaO4S3. The number of hydrogen-bond acceptors (Lipinski definition) is 35. The summed E-state index contributed by atoms with van der Waals surface area (Å²) in [7, 11) is 8.00. The van der Waals surface area contributed by atoms with Gasteiger partial charge in [0.1, 0.15) is 54.0 Å². The van der Waals surface area contributed by atoms with Crippen LogP contribution in [0.15, 0.2) is 185 Å². The van der Waals surface area contributed by atoms with Crippen molar-refractivity contribution in [2.24, 2.45) is 33.1 Å². The van der Waals surface area contributed by atoms with Crippen LogP contribution in [0.3, 0.4) is 0 Å². The van der Waals surface area contributed by atoms with E-state index in [1.165, 1.54) is 71.1 Å². The van der Waals surface area contributed by atoms with Crippen LogP contribution in [0.5, 0.6) is 0 Å². The molecule has 4 atom stereocenters. The number of anilines is 6. The minimum absolute atomic E-state index is 0. The number of nitrogens with two attached hydrogens (primary N) is 5. The quantitative estimate of drug-likeness (QED) is 0.0288. The molecule has 8 aliphatic rings. The van der Waals surface area contributed by atoms with Crippen molar-refractivity contribution < 1.29 is 48.6 Å². The summed E-state index contributed by atoms with van der Waals surface area (Å²) in [5.41, 5.74) is 41.1. The summed E-state index contributed by atoms with van der Waals surface area (Å²) in [5, 5.41) is 44.1. The van der Waals surface area contributed by atoms with Crippen molar-refractivity contribution in [2.75, 3.05) is 84.3 Å². The molecule has 4 fully saturated rings. The van der Waals surface area contributed by atoms with Crippen LogP contribution < -0.4 is 88.9 Å². The molecule has 38 nitrogen and oxygen atoms in total. The number of nitrogen functional groups attached to an aromatic ring is 3. The molecule has 50 heteroatoms. The number of halogens is 6. The van der Waals surface area contributed by atoms with Crippen molar-refractivity contribution in [2.45, 2.75) is 193 Å². The third kappa shape index (κ3) is 24.0. The minimum atomic E-state index is -0.582. The van der Waals surface area contributed by atoms with Gasteiger partial charge < -0.3 is 81.4 Å². The normalized spacial score (nSPS) is 18.1. The number of alkyl carbamates (subject to hydrolysis) is 2. The molecule has 0 saturated carbocycles. The van der Waals surface area contributed by atoms with Gasteiger partial charge in [-0.1, -0.05) is 104 Å². The van der Waals surface area contributed by atoms with Crippen molar-refractivity contribution in [1.82, 2.24) is 129 Å². The molecule has 4 radical (unpaired) electrons. The van der Waals surface area contributed by atoms with Crippen molar-refractivity contribution in [1.29, 1.82) is 0 Å². The van der Waals surface area contributed by atoms with Crippen molar-refractivity contribution in [3.8, 4) is 0 Å². The van der Waals surface area contributed by atoms with Crippen LogP contribution in [-0.4, -0.2) is 204 Å². The molecule has 15 aromatic heterocycles. The summed E-state index contributed by atoms with van der Waals surface area (Å²) in [6.45, 7) is 18.3. The minimum Gasteiger partial charge on any atom is -0.778 e. The molecule has 4 aliphatic carbocycles. The predicted octanol–water partition coefficient (Wildman–Crippen LogP) is 12.5. The maximum atomic E-state index is 12.8. The van der Waals surface area contributed by atoms with Gasteiger partial charge in [-0.15, -0.1) is 40.8 Å². The predicted molar refractivity (Wildman–Crippen MR) is 579 cm³/mol. The first-order chi connectivity index (χ1) is 68.3. The third-order valence-electron chi connectivity index (χ3n) is 26.8. The molecule has 145 heavy (non-hydrogen) atoms. The zero-order valence-electron chi connectivity index (χ0n) is 79.3. The van der Waals surface area contributed by atoms with Gasteiger partial charge in [-0.3, -0.25) is 28.7 Å². The zero-order chi connectivity index (χ0) is 100. The van der Waals surface area contributed by atoms with E-state index in [0.717, 1.165) is 201 Å². The second-order valence-corrected chi connectivity index (χ2v) is 44.0. The van der Waals surface area contributed by atoms with Crippen molar-refractivity contribution in [3.05, 3.63) is 233 Å². The van der Waals surface area contributed by atoms with Gasteiger partial charge in [0.2, 0.25) is 23.1 Å². The number of pyridine rings is 7. The van der Waals surface area contributed by atoms with E-state index >= 15 is 0 Å². The van der Waals surface area contributed by atoms with Crippen molar-refractivity contribution >= 4 is 213 Å². The van der Waals surface area contributed by atoms with Crippen LogP contribution in [0.2, 0.25) is 20.4 Å². The van der Waals surface area contributed by atoms with Crippen LogP contribution in [0.25, 0.3) is 22.6 Å². The number of aromatic nitrogens is 23. The maximum absolute atomic E-state index is 12.8. The molecule has 0 bridgehead atoms. The average molecular weight is 2330 g/mol. The fourth-order valence-electron chi connectivity index (χ4n) is 19.8. The molecule has 13 N–H and O–H groups in total. The number of hydrogen-bond donors (Lipinski definition) is 8. The fraction of sp³-hybridized carbons (Fsp3) is 0.400. The summed E-state index contributed by atoms with van der Waals surface area (Å²) in [6.07, 6.45) is 36.7. The van der Waals surface area contributed by atoms with Crippen LogP contribution in [-0.2, 0) is 47.8 Å². The SMILES string of the molecule is C.C.CC(C)(C)OC(=O)N[C@@H]1c2ncccc2CC12CCN(c1ncc(I)c3nncn13)CC2.CC(C)(C)OC(=O)N[C@@H]1c2ncccc2CC12CCN(c1ncc(Sc3ccnc(N)c3Cl)c3nncn13)CC2.Clc1ncc(I)c2nncn12.N[C@@H]1c2ncccc2CC12CCNCC2.Nc1nccc(Sc2cnc(N3CCC4(CC3)Cc3cccnc3[C@H]4N)n3cnnc23)c1Cl.Nc1nccc([S-])c1Cl.[B][B].[Na+]. The summed E-state index contributed by atoms with van der Waals surface area (Å²) >= 11 is 36.0. The molecule has 4 aliphatic heterocycles. The van der Waals surface area contributed by atoms with Gasteiger partial charge in [0.15, 0.2) is 22.6 Å². The molecule has 4 spiro atoms. The van der Waals surface area contributed by atoms with Crippen LogP contribution >= 0.6 is 115 Å². The van der Waals surface area contributed by atoms with Gasteiger partial charge in [-0.05, 0) is 258 Å². The van der Waals surface area contributed by atoms with Gasteiger partial charge in [-0.25, -0.2) is 53.3 Å². The Morgan fingerprint density at radius 2 is 0.759 bits per heavy atom. The standard InChI is InChI=1S/C27H30ClN9O2S.C22H22ClN9S.C22H26IN7O2.C12H17N3.C5H2ClIN4.C5H5ClN2S.2CH4.B2.Na/c1-26(2,3)39-25(38)34-21-20-16(5-4-9-30-20)13-27(21)7-11-36(12-8-27)24-32-14-18(23-35-33-15-37(23)24)40-17-6-10-31-22(29)19(17)28;23-16-14(3-7-27-19(16)25)33-15-11-28-21(32-12-29-30-20(15)32)31-8-4-22(5-9-31)10-13-2-1-6-26-17(13)18(22)24;1-21(2,3)32-20(31)27-17-16-14(5-4-8-24-16)11-22(17)6-9-29(10-7-22)19-25-12-15(23)18-28-26-13-30(18)19;13-11-10-9(2-1-5-15-10)8-12(11)3-6-14-7-4-12;6-5-8-1-3(7)4-10-9-2-11(4)5;6-4-3(9)1-2-8-5(4)7;;;1-2;/h4-6,9-10,14-15,21H,7-8,11-13H2,1-3H3,(H2,29,31)(H,34,38);1-3,6-7,11-12,18H,4-5,8-10,24H2,(H2,25,27);4-5,8,12-13,17H,6-7,9-11H2,1-3H3,(H,27,31);1-2,5,11,14H,3-4,6-8,13H2;1-2H;1-2H,(H3,7,8,9);2*1H4;;/q;;;;;;;;;+1/p-1/t21-;18-;17-;11-;;;;;;/m1111....../s1. The molecule has 0 unspecified atom stereocenters. The second-order valence-electron chi connectivity index (χ2n) is 37.6. The first kappa shape index (κ1) is 111. The summed E-state index contributed by atoms with van der Waals surface area (Å²) < 4.78 is 20.5. The third-order valence-corrected chi connectivity index (χ3v) is 32.6. The summed E-state index contributed by atoms with van der Waals surface area (Å²) in [4.78, 5) is 84.4. The fourth-order valence-corrected chi connectivity index (χ4v) is 23.6. The number of rotatable bonds is 9. The Bertz CT molecular complexity index is 7030.